The summed E-state index contributed by atoms with van der Waals surface area (Å²) < 4.78 is 2.43. The van der Waals surface area contributed by atoms with Crippen molar-refractivity contribution in [2.24, 2.45) is 0 Å². The first-order chi connectivity index (χ1) is 13.9. The van der Waals surface area contributed by atoms with Crippen LogP contribution in [0.5, 0.6) is 0 Å². The second-order valence-electron chi connectivity index (χ2n) is 9.24. The van der Waals surface area contributed by atoms with Crippen molar-refractivity contribution in [1.82, 2.24) is 9.38 Å². The number of rotatable bonds is 1. The summed E-state index contributed by atoms with van der Waals surface area (Å²) in [6.45, 7) is 9.48. The molecule has 3 aromatic carbocycles. The Morgan fingerprint density at radius 2 is 1.53 bits per heavy atom. The molecule has 5 aromatic rings. The first-order valence-corrected chi connectivity index (χ1v) is 10.3. The van der Waals surface area contributed by atoms with E-state index in [0.717, 1.165) is 16.7 Å². The second-order valence-corrected chi connectivity index (χ2v) is 9.24. The van der Waals surface area contributed by atoms with Gasteiger partial charge in [-0.25, -0.2) is 0 Å². The van der Waals surface area contributed by atoms with Crippen LogP contribution in [0, 0.1) is 6.07 Å². The quantitative estimate of drug-likeness (QED) is 0.163. The molecule has 0 unspecified atom stereocenters. The van der Waals surface area contributed by atoms with Crippen LogP contribution in [0.15, 0.2) is 66.7 Å². The summed E-state index contributed by atoms with van der Waals surface area (Å²) in [5.41, 5.74) is 7.12. The summed E-state index contributed by atoms with van der Waals surface area (Å²) in [7, 11) is 0. The number of imidazole rings is 1. The Morgan fingerprint density at radius 3 is 2.30 bits per heavy atom. The van der Waals surface area contributed by atoms with Gasteiger partial charge in [-0.15, -0.1) is 29.7 Å². The molecule has 0 amide bonds. The van der Waals surface area contributed by atoms with Gasteiger partial charge in [-0.3, -0.25) is 4.98 Å². The minimum Gasteiger partial charge on any atom is -0.336 e. The van der Waals surface area contributed by atoms with Gasteiger partial charge < -0.3 is 4.40 Å². The Bertz CT molecular complexity index is 1440. The van der Waals surface area contributed by atoms with Gasteiger partial charge in [-0.1, -0.05) is 81.6 Å². The zero-order valence-corrected chi connectivity index (χ0v) is 20.0. The zero-order valence-electron chi connectivity index (χ0n) is 17.6. The molecule has 0 bridgehead atoms. The van der Waals surface area contributed by atoms with Crippen molar-refractivity contribution in [2.45, 2.75) is 38.5 Å². The van der Waals surface area contributed by atoms with Crippen molar-refractivity contribution in [3.63, 3.8) is 0 Å². The van der Waals surface area contributed by atoms with E-state index < -0.39 is 0 Å². The molecule has 0 spiro atoms. The monoisotopic (exact) mass is 568 g/mol. The average molecular weight is 568 g/mol. The normalized spacial score (nSPS) is 16.3. The van der Waals surface area contributed by atoms with E-state index in [4.69, 9.17) is 4.98 Å². The number of pyridine rings is 1. The predicted molar refractivity (Wildman–Crippen MR) is 121 cm³/mol. The van der Waals surface area contributed by atoms with Crippen LogP contribution in [0.4, 0.5) is 0 Å². The van der Waals surface area contributed by atoms with Crippen molar-refractivity contribution in [3.8, 4) is 11.3 Å². The molecule has 30 heavy (non-hydrogen) atoms. The first kappa shape index (κ1) is 19.5. The van der Waals surface area contributed by atoms with Crippen LogP contribution < -0.4 is 0 Å². The fraction of sp³-hybridized carbons (Fsp3) is 0.222. The van der Waals surface area contributed by atoms with Gasteiger partial charge in [0.25, 0.3) is 0 Å². The van der Waals surface area contributed by atoms with Crippen LogP contribution in [0.1, 0.15) is 39.0 Å². The minimum atomic E-state index is -0.0959. The third-order valence-electron chi connectivity index (χ3n) is 7.38. The van der Waals surface area contributed by atoms with Crippen molar-refractivity contribution in [3.05, 3.63) is 84.1 Å². The van der Waals surface area contributed by atoms with E-state index in [-0.39, 0.29) is 30.9 Å². The molecule has 2 nitrogen and oxygen atoms in total. The van der Waals surface area contributed by atoms with Crippen molar-refractivity contribution in [1.29, 1.82) is 0 Å². The van der Waals surface area contributed by atoms with Crippen molar-refractivity contribution in [2.75, 3.05) is 0 Å². The molecule has 0 atom stereocenters. The summed E-state index contributed by atoms with van der Waals surface area (Å²) in [5.74, 6) is 0. The smallest absolute Gasteiger partial charge is 0.0810 e. The third kappa shape index (κ3) is 2.20. The van der Waals surface area contributed by atoms with Crippen LogP contribution >= 0.6 is 0 Å². The Kier molecular flexibility index (Phi) is 4.07. The van der Waals surface area contributed by atoms with Gasteiger partial charge in [0.2, 0.25) is 0 Å². The molecule has 0 saturated heterocycles. The van der Waals surface area contributed by atoms with E-state index in [9.17, 15) is 0 Å². The largest absolute Gasteiger partial charge is 0.336 e. The molecule has 151 valence electrons. The fourth-order valence-electron chi connectivity index (χ4n) is 5.16. The zero-order chi connectivity index (χ0) is 20.0. The SMILES string of the molecule is CC1(C)c2cccc3c4ccc[c-]c4c4nc(-c5ccccc5)c(n4c23)C1(C)C.[Ir]. The maximum Gasteiger partial charge on any atom is 0.0810 e. The molecule has 0 saturated carbocycles. The summed E-state index contributed by atoms with van der Waals surface area (Å²) in [4.78, 5) is 5.26. The van der Waals surface area contributed by atoms with E-state index in [1.54, 1.807) is 0 Å². The maximum atomic E-state index is 5.26. The predicted octanol–water partition coefficient (Wildman–Crippen LogP) is 6.67. The number of para-hydroxylation sites is 1. The maximum absolute atomic E-state index is 5.26. The Morgan fingerprint density at radius 1 is 0.800 bits per heavy atom. The summed E-state index contributed by atoms with van der Waals surface area (Å²) in [6.07, 6.45) is 0. The van der Waals surface area contributed by atoms with Gasteiger partial charge in [0.15, 0.2) is 0 Å². The Labute approximate surface area is 190 Å². The number of nitrogens with zero attached hydrogens (tertiary/aromatic N) is 2. The van der Waals surface area contributed by atoms with Crippen LogP contribution in [-0.2, 0) is 30.9 Å². The molecule has 3 heterocycles. The molecular formula is C27H23IrN2-. The molecular weight excluding hydrogens is 545 g/mol. The molecule has 1 aliphatic rings. The molecule has 1 aliphatic heterocycles. The molecule has 3 heteroatoms. The average Bonchev–Trinajstić information content (AvgIpc) is 3.15. The standard InChI is InChI=1S/C27H23N2.Ir/c1-26(2)21-16-10-15-19-18-13-8-9-14-20(18)25-28-22(17-11-6-5-7-12-17)24(27(26,3)4)29(25)23(19)21;/h5-13,15-16H,1-4H3;/q-1;. The van der Waals surface area contributed by atoms with Gasteiger partial charge in [-0.2, -0.15) is 0 Å². The van der Waals surface area contributed by atoms with E-state index >= 15 is 0 Å². The van der Waals surface area contributed by atoms with Crippen LogP contribution in [0.25, 0.3) is 38.6 Å². The Balaban J connectivity index is 0.00000193. The topological polar surface area (TPSA) is 17.3 Å². The summed E-state index contributed by atoms with van der Waals surface area (Å²) in [6, 6.07) is 27.1. The van der Waals surface area contributed by atoms with Gasteiger partial charge in [0, 0.05) is 47.7 Å². The van der Waals surface area contributed by atoms with Crippen LogP contribution in [0.2, 0.25) is 0 Å². The number of benzene rings is 3. The molecule has 0 N–H and O–H groups in total. The molecule has 0 fully saturated rings. The van der Waals surface area contributed by atoms with Gasteiger partial charge in [0.1, 0.15) is 0 Å². The van der Waals surface area contributed by atoms with E-state index in [1.807, 2.05) is 6.07 Å². The van der Waals surface area contributed by atoms with Gasteiger partial charge in [0.05, 0.1) is 11.3 Å². The number of hydrogen-bond acceptors (Lipinski definition) is 1. The molecule has 0 aliphatic carbocycles. The fourth-order valence-corrected chi connectivity index (χ4v) is 5.16. The van der Waals surface area contributed by atoms with E-state index in [0.29, 0.717) is 0 Å². The van der Waals surface area contributed by atoms with E-state index in [1.165, 1.54) is 33.1 Å². The third-order valence-corrected chi connectivity index (χ3v) is 7.38. The first-order valence-electron chi connectivity index (χ1n) is 10.3. The van der Waals surface area contributed by atoms with Gasteiger partial charge in [-0.05, 0) is 10.9 Å². The minimum absolute atomic E-state index is 0. The molecule has 6 rings (SSSR count). The summed E-state index contributed by atoms with van der Waals surface area (Å²) >= 11 is 0. The number of aromatic nitrogens is 2. The number of hydrogen-bond donors (Lipinski definition) is 0. The van der Waals surface area contributed by atoms with Gasteiger partial charge >= 0.3 is 0 Å². The molecule has 2 aromatic heterocycles. The van der Waals surface area contributed by atoms with Crippen LogP contribution in [-0.4, -0.2) is 9.38 Å². The van der Waals surface area contributed by atoms with Crippen molar-refractivity contribution < 1.29 is 20.1 Å². The second kappa shape index (κ2) is 6.26. The summed E-state index contributed by atoms with van der Waals surface area (Å²) in [5, 5.41) is 3.60. The van der Waals surface area contributed by atoms with Crippen molar-refractivity contribution >= 4 is 27.3 Å². The van der Waals surface area contributed by atoms with Crippen LogP contribution in [0.3, 0.4) is 0 Å². The van der Waals surface area contributed by atoms with E-state index in [2.05, 4.69) is 98.8 Å². The Hall–Kier alpha value is -2.48. The number of fused-ring (bicyclic) bond motifs is 3. The molecule has 1 radical (unpaired) electrons.